The van der Waals surface area contributed by atoms with E-state index in [9.17, 15) is 9.18 Å². The lowest BCUT2D eigenvalue weighted by Gasteiger charge is -2.28. The zero-order chi connectivity index (χ0) is 13.4. The molecule has 1 atom stereocenters. The molecule has 0 heterocycles. The van der Waals surface area contributed by atoms with E-state index in [-0.39, 0.29) is 23.9 Å². The van der Waals surface area contributed by atoms with Crippen LogP contribution in [0.4, 0.5) is 4.39 Å². The summed E-state index contributed by atoms with van der Waals surface area (Å²) in [5.74, 6) is -0.264. The van der Waals surface area contributed by atoms with Gasteiger partial charge in [0.25, 0.3) is 0 Å². The molecule has 1 unspecified atom stereocenters. The van der Waals surface area contributed by atoms with Crippen molar-refractivity contribution in [1.82, 2.24) is 0 Å². The van der Waals surface area contributed by atoms with E-state index in [1.165, 1.54) is 17.7 Å². The number of fused-ring (bicyclic) bond motifs is 1. The van der Waals surface area contributed by atoms with Crippen molar-refractivity contribution < 1.29 is 9.18 Å². The molecule has 1 nitrogen and oxygen atoms in total. The van der Waals surface area contributed by atoms with Crippen LogP contribution >= 0.6 is 11.6 Å². The number of hydrogen-bond donors (Lipinski definition) is 0. The quantitative estimate of drug-likeness (QED) is 0.829. The van der Waals surface area contributed by atoms with Gasteiger partial charge in [-0.25, -0.2) is 4.39 Å². The van der Waals surface area contributed by atoms with Gasteiger partial charge < -0.3 is 0 Å². The number of Topliss-reactive ketones (excluding diaryl/α,β-unsaturated/α-hetero) is 1. The molecule has 1 aliphatic carbocycles. The van der Waals surface area contributed by atoms with Crippen molar-refractivity contribution in [2.24, 2.45) is 0 Å². The number of carbonyl (C=O) groups excluding carboxylic acids is 1. The second-order valence-electron chi connectivity index (χ2n) is 4.83. The maximum atomic E-state index is 12.9. The van der Waals surface area contributed by atoms with Crippen molar-refractivity contribution >= 4 is 17.4 Å². The number of hydrogen-bond acceptors (Lipinski definition) is 1. The maximum Gasteiger partial charge on any atom is 0.145 e. The molecule has 2 aromatic rings. The molecule has 0 aliphatic heterocycles. The molecule has 2 aromatic carbocycles. The van der Waals surface area contributed by atoms with Crippen molar-refractivity contribution in [1.29, 1.82) is 0 Å². The zero-order valence-electron chi connectivity index (χ0n) is 10.2. The fourth-order valence-electron chi connectivity index (χ4n) is 2.52. The predicted octanol–water partition coefficient (Wildman–Crippen LogP) is 3.93. The first-order valence-electron chi connectivity index (χ1n) is 6.19. The Kier molecular flexibility index (Phi) is 3.11. The van der Waals surface area contributed by atoms with E-state index in [1.54, 1.807) is 6.07 Å². The van der Waals surface area contributed by atoms with Crippen LogP contribution in [0.3, 0.4) is 0 Å². The molecule has 19 heavy (non-hydrogen) atoms. The number of rotatable bonds is 3. The van der Waals surface area contributed by atoms with Gasteiger partial charge in [-0.1, -0.05) is 41.9 Å². The second-order valence-corrected chi connectivity index (χ2v) is 5.24. The molecule has 96 valence electrons. The summed E-state index contributed by atoms with van der Waals surface area (Å²) in [6, 6.07) is 12.1. The first-order chi connectivity index (χ1) is 9.15. The van der Waals surface area contributed by atoms with E-state index in [0.29, 0.717) is 10.6 Å². The normalized spacial score (nSPS) is 16.6. The number of benzene rings is 2. The van der Waals surface area contributed by atoms with Crippen LogP contribution in [0.1, 0.15) is 22.6 Å². The topological polar surface area (TPSA) is 17.1 Å². The summed E-state index contributed by atoms with van der Waals surface area (Å²) < 4.78 is 12.9. The van der Waals surface area contributed by atoms with Crippen LogP contribution < -0.4 is 0 Å². The first kappa shape index (κ1) is 12.4. The van der Waals surface area contributed by atoms with Crippen molar-refractivity contribution in [2.45, 2.75) is 18.8 Å². The molecule has 0 bridgehead atoms. The predicted molar refractivity (Wildman–Crippen MR) is 73.0 cm³/mol. The Hall–Kier alpha value is -1.67. The Morgan fingerprint density at radius 2 is 2.05 bits per heavy atom. The fourth-order valence-corrected chi connectivity index (χ4v) is 2.76. The van der Waals surface area contributed by atoms with Crippen molar-refractivity contribution in [3.8, 4) is 0 Å². The van der Waals surface area contributed by atoms with Gasteiger partial charge in [-0.2, -0.15) is 0 Å². The van der Waals surface area contributed by atoms with E-state index in [1.807, 2.05) is 24.3 Å². The Morgan fingerprint density at radius 3 is 2.79 bits per heavy atom. The third kappa shape index (κ3) is 2.28. The second kappa shape index (κ2) is 4.78. The van der Waals surface area contributed by atoms with Crippen LogP contribution in [-0.4, -0.2) is 5.78 Å². The molecule has 0 N–H and O–H groups in total. The Bertz CT molecular complexity index is 651. The minimum absolute atomic E-state index is 0.0303. The number of halogens is 2. The van der Waals surface area contributed by atoms with Gasteiger partial charge in [0.2, 0.25) is 0 Å². The van der Waals surface area contributed by atoms with Gasteiger partial charge in [0.1, 0.15) is 11.6 Å². The average Bonchev–Trinajstić information content (AvgIpc) is 2.34. The van der Waals surface area contributed by atoms with Crippen LogP contribution in [0, 0.1) is 5.82 Å². The highest BCUT2D eigenvalue weighted by molar-refractivity contribution is 6.31. The summed E-state index contributed by atoms with van der Waals surface area (Å²) in [5, 5.41) is 0.320. The van der Waals surface area contributed by atoms with E-state index in [2.05, 4.69) is 0 Å². The number of ketones is 1. The molecule has 0 amide bonds. The van der Waals surface area contributed by atoms with Gasteiger partial charge in [-0.3, -0.25) is 4.79 Å². The lowest BCUT2D eigenvalue weighted by atomic mass is 9.74. The van der Waals surface area contributed by atoms with E-state index < -0.39 is 0 Å². The Morgan fingerprint density at radius 1 is 1.26 bits per heavy atom. The highest BCUT2D eigenvalue weighted by Gasteiger charge is 2.31. The molecule has 0 fully saturated rings. The van der Waals surface area contributed by atoms with Crippen molar-refractivity contribution in [3.63, 3.8) is 0 Å². The van der Waals surface area contributed by atoms with Gasteiger partial charge in [0.15, 0.2) is 0 Å². The van der Waals surface area contributed by atoms with Crippen LogP contribution in [0.25, 0.3) is 0 Å². The maximum absolute atomic E-state index is 12.9. The summed E-state index contributed by atoms with van der Waals surface area (Å²) in [6.45, 7) is 0. The zero-order valence-corrected chi connectivity index (χ0v) is 11.0. The number of carbonyl (C=O) groups is 1. The molecule has 0 saturated carbocycles. The third-order valence-corrected chi connectivity index (χ3v) is 3.97. The molecule has 3 heteroatoms. The van der Waals surface area contributed by atoms with Crippen LogP contribution in [0.15, 0.2) is 42.5 Å². The van der Waals surface area contributed by atoms with Crippen molar-refractivity contribution in [3.05, 3.63) is 70.0 Å². The fraction of sp³-hybridized carbons (Fsp3) is 0.188. The van der Waals surface area contributed by atoms with E-state index >= 15 is 0 Å². The molecule has 0 spiro atoms. The Labute approximate surface area is 116 Å². The van der Waals surface area contributed by atoms with E-state index in [0.717, 1.165) is 12.0 Å². The third-order valence-electron chi connectivity index (χ3n) is 3.62. The van der Waals surface area contributed by atoms with Gasteiger partial charge >= 0.3 is 0 Å². The van der Waals surface area contributed by atoms with Crippen LogP contribution in [-0.2, 0) is 17.6 Å². The van der Waals surface area contributed by atoms with Gasteiger partial charge in [-0.15, -0.1) is 0 Å². The first-order valence-corrected chi connectivity index (χ1v) is 6.57. The Balaban J connectivity index is 1.77. The SMILES string of the molecule is O=C(Cc1ccc(F)cc1Cl)C1Cc2ccccc21. The standard InChI is InChI=1S/C16H12ClFO/c17-15-9-12(18)6-5-11(15)8-16(19)14-7-10-3-1-2-4-13(10)14/h1-6,9,14H,7-8H2. The lowest BCUT2D eigenvalue weighted by Crippen LogP contribution is -2.26. The molecule has 0 saturated heterocycles. The summed E-state index contributed by atoms with van der Waals surface area (Å²) in [7, 11) is 0. The highest BCUT2D eigenvalue weighted by Crippen LogP contribution is 2.36. The van der Waals surface area contributed by atoms with Gasteiger partial charge in [-0.05, 0) is 35.2 Å². The molecule has 0 radical (unpaired) electrons. The minimum Gasteiger partial charge on any atom is -0.299 e. The summed E-state index contributed by atoms with van der Waals surface area (Å²) in [6.07, 6.45) is 1.06. The smallest absolute Gasteiger partial charge is 0.145 e. The molecule has 0 aromatic heterocycles. The lowest BCUT2D eigenvalue weighted by molar-refractivity contribution is -0.120. The van der Waals surface area contributed by atoms with Gasteiger partial charge in [0, 0.05) is 17.4 Å². The molecule has 3 rings (SSSR count). The monoisotopic (exact) mass is 274 g/mol. The largest absolute Gasteiger partial charge is 0.299 e. The molecule has 1 aliphatic rings. The molecular formula is C16H12ClFO. The van der Waals surface area contributed by atoms with E-state index in [4.69, 9.17) is 11.6 Å². The minimum atomic E-state index is -0.379. The van der Waals surface area contributed by atoms with Crippen LogP contribution in [0.5, 0.6) is 0 Å². The summed E-state index contributed by atoms with van der Waals surface area (Å²) in [5.41, 5.74) is 3.05. The van der Waals surface area contributed by atoms with Gasteiger partial charge in [0.05, 0.1) is 0 Å². The molecular weight excluding hydrogens is 263 g/mol. The van der Waals surface area contributed by atoms with Crippen molar-refractivity contribution in [2.75, 3.05) is 0 Å². The highest BCUT2D eigenvalue weighted by atomic mass is 35.5. The summed E-state index contributed by atoms with van der Waals surface area (Å²) in [4.78, 5) is 12.2. The van der Waals surface area contributed by atoms with Crippen LogP contribution in [0.2, 0.25) is 5.02 Å². The summed E-state index contributed by atoms with van der Waals surface area (Å²) >= 11 is 5.95. The average molecular weight is 275 g/mol.